The number of aryl methyl sites for hydroxylation is 2. The fourth-order valence-electron chi connectivity index (χ4n) is 2.48. The molecule has 0 aliphatic carbocycles. The van der Waals surface area contributed by atoms with Crippen LogP contribution in [0.4, 0.5) is 4.39 Å². The number of hydrogen-bond donors (Lipinski definition) is 0. The molecule has 0 bridgehead atoms. The van der Waals surface area contributed by atoms with E-state index in [-0.39, 0.29) is 40.9 Å². The lowest BCUT2D eigenvalue weighted by molar-refractivity contribution is 0.389. The van der Waals surface area contributed by atoms with Crippen molar-refractivity contribution in [2.45, 2.75) is 25.2 Å². The zero-order valence-electron chi connectivity index (χ0n) is 14.4. The van der Waals surface area contributed by atoms with E-state index in [0.29, 0.717) is 5.69 Å². The summed E-state index contributed by atoms with van der Waals surface area (Å²) in [5.41, 5.74) is 0.499. The van der Waals surface area contributed by atoms with E-state index < -0.39 is 15.8 Å². The molecule has 0 spiro atoms. The summed E-state index contributed by atoms with van der Waals surface area (Å²) < 4.78 is 50.2. The summed E-state index contributed by atoms with van der Waals surface area (Å²) in [6.07, 6.45) is 0.205. The average Bonchev–Trinajstić information content (AvgIpc) is 3.19. The van der Waals surface area contributed by atoms with Gasteiger partial charge in [0.25, 0.3) is 5.89 Å². The second-order valence-electron chi connectivity index (χ2n) is 5.73. The minimum Gasteiger partial charge on any atom is -0.360 e. The number of likely N-dealkylation sites (N-methyl/N-ethyl adjacent to an activating group) is 1. The monoisotopic (exact) mass is 380 g/mol. The van der Waals surface area contributed by atoms with Crippen molar-refractivity contribution in [2.24, 2.45) is 0 Å². The summed E-state index contributed by atoms with van der Waals surface area (Å²) >= 11 is 0. The summed E-state index contributed by atoms with van der Waals surface area (Å²) in [6.45, 7) is 3.22. The molecule has 138 valence electrons. The third-order valence-corrected chi connectivity index (χ3v) is 5.96. The molecule has 0 radical (unpaired) electrons. The van der Waals surface area contributed by atoms with Gasteiger partial charge in [0.2, 0.25) is 10.0 Å². The van der Waals surface area contributed by atoms with Gasteiger partial charge in [-0.3, -0.25) is 0 Å². The molecule has 0 unspecified atom stereocenters. The minimum absolute atomic E-state index is 0.0503. The first-order valence-corrected chi connectivity index (χ1v) is 9.21. The van der Waals surface area contributed by atoms with Crippen molar-refractivity contribution in [3.8, 4) is 11.5 Å². The van der Waals surface area contributed by atoms with Gasteiger partial charge in [-0.15, -0.1) is 0 Å². The van der Waals surface area contributed by atoms with Crippen molar-refractivity contribution in [3.63, 3.8) is 0 Å². The fraction of sp³-hybridized carbons (Fsp3) is 0.312. The molecule has 0 aliphatic heterocycles. The van der Waals surface area contributed by atoms with Gasteiger partial charge >= 0.3 is 0 Å². The van der Waals surface area contributed by atoms with Crippen LogP contribution in [-0.4, -0.2) is 41.6 Å². The number of nitrogens with zero attached hydrogens (tertiary/aromatic N) is 4. The van der Waals surface area contributed by atoms with Crippen molar-refractivity contribution in [2.75, 3.05) is 13.6 Å². The second-order valence-corrected chi connectivity index (χ2v) is 7.71. The van der Waals surface area contributed by atoms with Gasteiger partial charge in [0.15, 0.2) is 11.6 Å². The van der Waals surface area contributed by atoms with Crippen LogP contribution in [0.25, 0.3) is 11.5 Å². The lowest BCUT2D eigenvalue weighted by Gasteiger charge is -2.15. The molecule has 2 heterocycles. The first-order valence-electron chi connectivity index (χ1n) is 7.77. The predicted molar refractivity (Wildman–Crippen MR) is 89.2 cm³/mol. The molecule has 1 aromatic carbocycles. The molecular weight excluding hydrogens is 363 g/mol. The van der Waals surface area contributed by atoms with Crippen LogP contribution in [0.2, 0.25) is 0 Å². The van der Waals surface area contributed by atoms with Gasteiger partial charge in [0.1, 0.15) is 16.4 Å². The largest absolute Gasteiger partial charge is 0.360 e. The third-order valence-electron chi connectivity index (χ3n) is 3.86. The topological polar surface area (TPSA) is 102 Å². The Morgan fingerprint density at radius 2 is 1.88 bits per heavy atom. The van der Waals surface area contributed by atoms with E-state index in [1.807, 2.05) is 0 Å². The van der Waals surface area contributed by atoms with Gasteiger partial charge < -0.3 is 9.05 Å². The van der Waals surface area contributed by atoms with Crippen LogP contribution in [0, 0.1) is 19.7 Å². The van der Waals surface area contributed by atoms with E-state index in [1.54, 1.807) is 26.0 Å². The molecule has 10 heteroatoms. The SMILES string of the molecule is Cc1noc(C)c1S(=O)(=O)N(C)CCc1noc(-c2ccccc2F)n1. The number of sulfonamides is 1. The molecule has 0 fully saturated rings. The molecule has 0 saturated heterocycles. The maximum absolute atomic E-state index is 13.8. The smallest absolute Gasteiger partial charge is 0.260 e. The molecule has 2 aromatic heterocycles. The van der Waals surface area contributed by atoms with Crippen LogP contribution in [0.15, 0.2) is 38.2 Å². The Labute approximate surface area is 149 Å². The minimum atomic E-state index is -3.75. The lowest BCUT2D eigenvalue weighted by atomic mass is 10.2. The van der Waals surface area contributed by atoms with E-state index in [4.69, 9.17) is 9.05 Å². The molecule has 3 aromatic rings. The molecule has 0 amide bonds. The highest BCUT2D eigenvalue weighted by atomic mass is 32.2. The van der Waals surface area contributed by atoms with Crippen molar-refractivity contribution in [1.82, 2.24) is 19.6 Å². The van der Waals surface area contributed by atoms with Gasteiger partial charge in [0, 0.05) is 20.0 Å². The average molecular weight is 380 g/mol. The molecule has 0 aliphatic rings. The normalized spacial score (nSPS) is 12.0. The predicted octanol–water partition coefficient (Wildman–Crippen LogP) is 2.34. The van der Waals surface area contributed by atoms with E-state index in [1.165, 1.54) is 23.5 Å². The lowest BCUT2D eigenvalue weighted by Crippen LogP contribution is -2.30. The molecular formula is C16H17FN4O4S. The van der Waals surface area contributed by atoms with Crippen LogP contribution in [-0.2, 0) is 16.4 Å². The van der Waals surface area contributed by atoms with Gasteiger partial charge in [0.05, 0.1) is 5.56 Å². The van der Waals surface area contributed by atoms with Crippen molar-refractivity contribution in [3.05, 3.63) is 47.4 Å². The van der Waals surface area contributed by atoms with Crippen LogP contribution in [0.3, 0.4) is 0 Å². The van der Waals surface area contributed by atoms with Crippen LogP contribution in [0.5, 0.6) is 0 Å². The highest BCUT2D eigenvalue weighted by Crippen LogP contribution is 2.23. The Hall–Kier alpha value is -2.59. The number of benzene rings is 1. The number of aromatic nitrogens is 3. The van der Waals surface area contributed by atoms with Gasteiger partial charge in [-0.05, 0) is 26.0 Å². The zero-order valence-corrected chi connectivity index (χ0v) is 15.2. The first kappa shape index (κ1) is 18.2. The standard InChI is InChI=1S/C16H17FN4O4S/c1-10-15(11(2)24-19-10)26(22,23)21(3)9-8-14-18-16(25-20-14)12-6-4-5-7-13(12)17/h4-7H,8-9H2,1-3H3. The van der Waals surface area contributed by atoms with Crippen LogP contribution < -0.4 is 0 Å². The molecule has 0 saturated carbocycles. The van der Waals surface area contributed by atoms with Crippen molar-refractivity contribution in [1.29, 1.82) is 0 Å². The molecule has 0 N–H and O–H groups in total. The Kier molecular flexibility index (Phi) is 4.88. The molecule has 8 nitrogen and oxygen atoms in total. The van der Waals surface area contributed by atoms with Crippen LogP contribution >= 0.6 is 0 Å². The first-order chi connectivity index (χ1) is 12.3. The number of hydrogen-bond acceptors (Lipinski definition) is 7. The van der Waals surface area contributed by atoms with Crippen molar-refractivity contribution >= 4 is 10.0 Å². The van der Waals surface area contributed by atoms with Gasteiger partial charge in [-0.2, -0.15) is 4.98 Å². The Balaban J connectivity index is 1.73. The maximum atomic E-state index is 13.8. The molecule has 3 rings (SSSR count). The number of rotatable bonds is 6. The quantitative estimate of drug-likeness (QED) is 0.647. The summed E-state index contributed by atoms with van der Waals surface area (Å²) in [5, 5.41) is 7.45. The maximum Gasteiger partial charge on any atom is 0.260 e. The van der Waals surface area contributed by atoms with E-state index >= 15 is 0 Å². The van der Waals surface area contributed by atoms with E-state index in [2.05, 4.69) is 15.3 Å². The Morgan fingerprint density at radius 1 is 1.15 bits per heavy atom. The number of halogens is 1. The highest BCUT2D eigenvalue weighted by Gasteiger charge is 2.28. The fourth-order valence-corrected chi connectivity index (χ4v) is 3.93. The Morgan fingerprint density at radius 3 is 2.54 bits per heavy atom. The van der Waals surface area contributed by atoms with Gasteiger partial charge in [-0.25, -0.2) is 17.1 Å². The summed E-state index contributed by atoms with van der Waals surface area (Å²) in [6, 6.07) is 6.04. The van der Waals surface area contributed by atoms with E-state index in [9.17, 15) is 12.8 Å². The second kappa shape index (κ2) is 6.96. The Bertz CT molecular complexity index is 1010. The summed E-state index contributed by atoms with van der Waals surface area (Å²) in [7, 11) is -2.30. The summed E-state index contributed by atoms with van der Waals surface area (Å²) in [5.74, 6) is 0.0925. The van der Waals surface area contributed by atoms with Gasteiger partial charge in [-0.1, -0.05) is 22.4 Å². The molecule has 0 atom stereocenters. The zero-order chi connectivity index (χ0) is 18.9. The van der Waals surface area contributed by atoms with Crippen LogP contribution in [0.1, 0.15) is 17.3 Å². The van der Waals surface area contributed by atoms with E-state index in [0.717, 1.165) is 0 Å². The van der Waals surface area contributed by atoms with Crippen molar-refractivity contribution < 1.29 is 21.9 Å². The molecule has 26 heavy (non-hydrogen) atoms. The highest BCUT2D eigenvalue weighted by molar-refractivity contribution is 7.89. The summed E-state index contributed by atoms with van der Waals surface area (Å²) in [4.78, 5) is 4.18. The third kappa shape index (κ3) is 3.37.